The van der Waals surface area contributed by atoms with Crippen LogP contribution in [0.5, 0.6) is 0 Å². The van der Waals surface area contributed by atoms with Gasteiger partial charge in [0.2, 0.25) is 0 Å². The number of aliphatic hydroxyl groups excluding tert-OH is 1. The third kappa shape index (κ3) is 1.14. The fourth-order valence-corrected chi connectivity index (χ4v) is 0.541. The van der Waals surface area contributed by atoms with Gasteiger partial charge in [0.25, 0.3) is 0 Å². The summed E-state index contributed by atoms with van der Waals surface area (Å²) in [4.78, 5) is 0. The van der Waals surface area contributed by atoms with Crippen molar-refractivity contribution in [1.82, 2.24) is 0 Å². The van der Waals surface area contributed by atoms with E-state index in [1.54, 1.807) is 0 Å². The third-order valence-electron chi connectivity index (χ3n) is 1.21. The Balaban J connectivity index is 2.10. The number of epoxide rings is 1. The van der Waals surface area contributed by atoms with Gasteiger partial charge in [0, 0.05) is 0 Å². The Labute approximate surface area is 43.1 Å². The molecule has 0 amide bonds. The highest BCUT2D eigenvalue weighted by Gasteiger charge is 2.29. The minimum atomic E-state index is -0.208. The van der Waals surface area contributed by atoms with Crippen molar-refractivity contribution in [3.8, 4) is 0 Å². The third-order valence-corrected chi connectivity index (χ3v) is 1.21. The van der Waals surface area contributed by atoms with Crippen LogP contribution >= 0.6 is 0 Å². The zero-order valence-electron chi connectivity index (χ0n) is 4.42. The van der Waals surface area contributed by atoms with Crippen LogP contribution in [-0.2, 0) is 4.74 Å². The van der Waals surface area contributed by atoms with E-state index < -0.39 is 0 Å². The number of hydrogen-bond acceptors (Lipinski definition) is 2. The van der Waals surface area contributed by atoms with Crippen LogP contribution < -0.4 is 0 Å². The van der Waals surface area contributed by atoms with E-state index in [2.05, 4.69) is 0 Å². The second kappa shape index (κ2) is 1.80. The van der Waals surface area contributed by atoms with E-state index in [9.17, 15) is 0 Å². The molecule has 1 heterocycles. The molecular weight excluding hydrogens is 92.1 g/mol. The zero-order chi connectivity index (χ0) is 5.28. The predicted octanol–water partition coefficient (Wildman–Crippen LogP) is 0.156. The van der Waals surface area contributed by atoms with Crippen molar-refractivity contribution in [1.29, 1.82) is 0 Å². The molecular formula is C5H10O2. The van der Waals surface area contributed by atoms with Gasteiger partial charge in [-0.3, -0.25) is 0 Å². The lowest BCUT2D eigenvalue weighted by molar-refractivity contribution is 0.131. The summed E-state index contributed by atoms with van der Waals surface area (Å²) in [7, 11) is 0. The standard InChI is InChI=1S/C5H10O2/c1-2-4(6)5-3-7-5/h4-6H,2-3H2,1H3/t4-,5-/m1/s1. The Morgan fingerprint density at radius 1 is 2.00 bits per heavy atom. The van der Waals surface area contributed by atoms with Crippen LogP contribution in [0.1, 0.15) is 13.3 Å². The van der Waals surface area contributed by atoms with Gasteiger partial charge in [-0.1, -0.05) is 6.92 Å². The van der Waals surface area contributed by atoms with Crippen LogP contribution in [0, 0.1) is 0 Å². The molecule has 1 aliphatic heterocycles. The smallest absolute Gasteiger partial charge is 0.107 e. The van der Waals surface area contributed by atoms with Gasteiger partial charge in [-0.05, 0) is 6.42 Å². The average Bonchev–Trinajstić information content (AvgIpc) is 2.44. The monoisotopic (exact) mass is 102 g/mol. The molecule has 2 atom stereocenters. The Kier molecular flexibility index (Phi) is 1.30. The highest BCUT2D eigenvalue weighted by Crippen LogP contribution is 2.15. The minimum Gasteiger partial charge on any atom is -0.390 e. The van der Waals surface area contributed by atoms with Gasteiger partial charge >= 0.3 is 0 Å². The molecule has 1 fully saturated rings. The number of rotatable bonds is 2. The lowest BCUT2D eigenvalue weighted by atomic mass is 10.2. The summed E-state index contributed by atoms with van der Waals surface area (Å²) in [5, 5.41) is 8.87. The van der Waals surface area contributed by atoms with Gasteiger partial charge in [-0.15, -0.1) is 0 Å². The van der Waals surface area contributed by atoms with E-state index in [0.717, 1.165) is 13.0 Å². The van der Waals surface area contributed by atoms with Gasteiger partial charge in [0.1, 0.15) is 6.10 Å². The molecule has 0 aromatic heterocycles. The summed E-state index contributed by atoms with van der Waals surface area (Å²) in [5.74, 6) is 0. The molecule has 2 heteroatoms. The van der Waals surface area contributed by atoms with Crippen LogP contribution in [-0.4, -0.2) is 23.9 Å². The lowest BCUT2D eigenvalue weighted by Crippen LogP contribution is -2.11. The van der Waals surface area contributed by atoms with Crippen molar-refractivity contribution in [2.75, 3.05) is 6.61 Å². The summed E-state index contributed by atoms with van der Waals surface area (Å²) < 4.78 is 4.81. The highest BCUT2D eigenvalue weighted by atomic mass is 16.6. The molecule has 0 aromatic rings. The predicted molar refractivity (Wildman–Crippen MR) is 26.0 cm³/mol. The van der Waals surface area contributed by atoms with Crippen LogP contribution in [0.4, 0.5) is 0 Å². The molecule has 1 saturated heterocycles. The van der Waals surface area contributed by atoms with Crippen LogP contribution in [0.2, 0.25) is 0 Å². The van der Waals surface area contributed by atoms with Crippen molar-refractivity contribution in [3.05, 3.63) is 0 Å². The molecule has 0 aliphatic carbocycles. The zero-order valence-corrected chi connectivity index (χ0v) is 4.42. The molecule has 0 saturated carbocycles. The molecule has 0 unspecified atom stereocenters. The van der Waals surface area contributed by atoms with Crippen LogP contribution in [0.3, 0.4) is 0 Å². The Morgan fingerprint density at radius 2 is 2.57 bits per heavy atom. The molecule has 1 rings (SSSR count). The van der Waals surface area contributed by atoms with Crippen LogP contribution in [0.25, 0.3) is 0 Å². The maximum atomic E-state index is 8.87. The summed E-state index contributed by atoms with van der Waals surface area (Å²) in [5.41, 5.74) is 0. The number of hydrogen-bond donors (Lipinski definition) is 1. The van der Waals surface area contributed by atoms with E-state index in [1.807, 2.05) is 6.92 Å². The topological polar surface area (TPSA) is 32.8 Å². The largest absolute Gasteiger partial charge is 0.390 e. The van der Waals surface area contributed by atoms with Crippen LogP contribution in [0.15, 0.2) is 0 Å². The SMILES string of the molecule is CC[C@@H](O)[C@H]1CO1. The van der Waals surface area contributed by atoms with Crippen molar-refractivity contribution < 1.29 is 9.84 Å². The van der Waals surface area contributed by atoms with E-state index >= 15 is 0 Å². The van der Waals surface area contributed by atoms with Gasteiger partial charge < -0.3 is 9.84 Å². The Bertz CT molecular complexity index is 59.1. The molecule has 0 spiro atoms. The normalized spacial score (nSPS) is 32.6. The molecule has 2 nitrogen and oxygen atoms in total. The first-order valence-corrected chi connectivity index (χ1v) is 2.64. The molecule has 0 radical (unpaired) electrons. The first-order valence-electron chi connectivity index (χ1n) is 2.64. The summed E-state index contributed by atoms with van der Waals surface area (Å²) in [6.45, 7) is 2.71. The van der Waals surface area contributed by atoms with Crippen molar-refractivity contribution in [2.45, 2.75) is 25.6 Å². The first-order chi connectivity index (χ1) is 3.34. The van der Waals surface area contributed by atoms with Gasteiger partial charge in [0.15, 0.2) is 0 Å². The molecule has 7 heavy (non-hydrogen) atoms. The maximum absolute atomic E-state index is 8.87. The second-order valence-electron chi connectivity index (χ2n) is 1.85. The first kappa shape index (κ1) is 5.06. The molecule has 0 bridgehead atoms. The summed E-state index contributed by atoms with van der Waals surface area (Å²) in [6, 6.07) is 0. The van der Waals surface area contributed by atoms with Crippen molar-refractivity contribution in [2.24, 2.45) is 0 Å². The Morgan fingerprint density at radius 3 is 2.71 bits per heavy atom. The summed E-state index contributed by atoms with van der Waals surface area (Å²) >= 11 is 0. The van der Waals surface area contributed by atoms with Gasteiger partial charge in [-0.2, -0.15) is 0 Å². The van der Waals surface area contributed by atoms with Gasteiger partial charge in [0.05, 0.1) is 12.7 Å². The van der Waals surface area contributed by atoms with E-state index in [-0.39, 0.29) is 12.2 Å². The molecule has 0 aromatic carbocycles. The average molecular weight is 102 g/mol. The number of aliphatic hydroxyl groups is 1. The van der Waals surface area contributed by atoms with Crippen molar-refractivity contribution >= 4 is 0 Å². The second-order valence-corrected chi connectivity index (χ2v) is 1.85. The summed E-state index contributed by atoms with van der Waals surface area (Å²) in [6.07, 6.45) is 0.773. The van der Waals surface area contributed by atoms with Gasteiger partial charge in [-0.25, -0.2) is 0 Å². The fourth-order valence-electron chi connectivity index (χ4n) is 0.541. The lowest BCUT2D eigenvalue weighted by Gasteiger charge is -1.98. The maximum Gasteiger partial charge on any atom is 0.107 e. The highest BCUT2D eigenvalue weighted by molar-refractivity contribution is 4.76. The molecule has 1 aliphatic rings. The fraction of sp³-hybridized carbons (Fsp3) is 1.00. The number of ether oxygens (including phenoxy) is 1. The molecule has 42 valence electrons. The quantitative estimate of drug-likeness (QED) is 0.503. The van der Waals surface area contributed by atoms with E-state index in [0.29, 0.717) is 0 Å². The van der Waals surface area contributed by atoms with Crippen molar-refractivity contribution in [3.63, 3.8) is 0 Å². The molecule has 1 N–H and O–H groups in total. The Hall–Kier alpha value is -0.0800. The van der Waals surface area contributed by atoms with E-state index in [4.69, 9.17) is 9.84 Å². The minimum absolute atomic E-state index is 0.171. The van der Waals surface area contributed by atoms with E-state index in [1.165, 1.54) is 0 Å².